The molecule has 102 valence electrons. The van der Waals surface area contributed by atoms with Crippen LogP contribution in [0.3, 0.4) is 0 Å². The highest BCUT2D eigenvalue weighted by Gasteiger charge is 2.24. The van der Waals surface area contributed by atoms with E-state index in [1.807, 2.05) is 18.2 Å². The number of nitrogens with two attached hydrogens (primary N) is 1. The van der Waals surface area contributed by atoms with Crippen LogP contribution in [0, 0.1) is 5.92 Å². The summed E-state index contributed by atoms with van der Waals surface area (Å²) in [7, 11) is 2.10. The van der Waals surface area contributed by atoms with Crippen LogP contribution in [0.1, 0.15) is 23.2 Å². The van der Waals surface area contributed by atoms with Gasteiger partial charge >= 0.3 is 0 Å². The summed E-state index contributed by atoms with van der Waals surface area (Å²) >= 11 is 0. The van der Waals surface area contributed by atoms with Crippen LogP contribution in [0.15, 0.2) is 24.3 Å². The van der Waals surface area contributed by atoms with Gasteiger partial charge in [-0.1, -0.05) is 12.1 Å². The fourth-order valence-corrected chi connectivity index (χ4v) is 2.20. The number of hydrogen-bond acceptors (Lipinski definition) is 3. The number of halogens is 2. The first-order valence-corrected chi connectivity index (χ1v) is 5.75. The third-order valence-electron chi connectivity index (χ3n) is 3.26. The molecular formula is C13H20Cl2N2O. The van der Waals surface area contributed by atoms with Gasteiger partial charge in [0.1, 0.15) is 0 Å². The number of carbonyl (C=O) groups excluding carboxylic acids is 1. The molecule has 1 aliphatic heterocycles. The van der Waals surface area contributed by atoms with E-state index in [-0.39, 0.29) is 36.5 Å². The van der Waals surface area contributed by atoms with Crippen LogP contribution in [0.2, 0.25) is 0 Å². The van der Waals surface area contributed by atoms with E-state index in [0.717, 1.165) is 31.5 Å². The number of hydrogen-bond donors (Lipinski definition) is 1. The second kappa shape index (κ2) is 7.62. The quantitative estimate of drug-likeness (QED) is 0.673. The lowest BCUT2D eigenvalue weighted by Gasteiger charge is -2.28. The van der Waals surface area contributed by atoms with Crippen molar-refractivity contribution in [3.8, 4) is 0 Å². The average molecular weight is 291 g/mol. The van der Waals surface area contributed by atoms with Crippen molar-refractivity contribution >= 4 is 36.3 Å². The molecular weight excluding hydrogens is 271 g/mol. The second-order valence-electron chi connectivity index (χ2n) is 4.57. The van der Waals surface area contributed by atoms with Crippen molar-refractivity contribution in [1.82, 2.24) is 4.90 Å². The molecule has 2 rings (SSSR count). The molecule has 3 nitrogen and oxygen atoms in total. The molecule has 0 aromatic heterocycles. The molecule has 0 saturated carbocycles. The SMILES string of the molecule is CN1CCC(C(=O)c2cccc(N)c2)CC1.Cl.Cl. The number of benzene rings is 1. The van der Waals surface area contributed by atoms with Crippen LogP contribution in [-0.2, 0) is 0 Å². The van der Waals surface area contributed by atoms with Crippen molar-refractivity contribution in [3.63, 3.8) is 0 Å². The summed E-state index contributed by atoms with van der Waals surface area (Å²) < 4.78 is 0. The number of ketones is 1. The Morgan fingerprint density at radius 1 is 1.28 bits per heavy atom. The molecule has 1 heterocycles. The molecule has 0 atom stereocenters. The topological polar surface area (TPSA) is 46.3 Å². The van der Waals surface area contributed by atoms with E-state index in [4.69, 9.17) is 5.73 Å². The zero-order valence-corrected chi connectivity index (χ0v) is 12.1. The molecule has 1 saturated heterocycles. The summed E-state index contributed by atoms with van der Waals surface area (Å²) in [6.45, 7) is 2.03. The normalized spacial score (nSPS) is 16.5. The summed E-state index contributed by atoms with van der Waals surface area (Å²) in [6.07, 6.45) is 1.92. The van der Waals surface area contributed by atoms with Gasteiger partial charge in [0.05, 0.1) is 0 Å². The van der Waals surface area contributed by atoms with Gasteiger partial charge in [-0.3, -0.25) is 4.79 Å². The molecule has 2 N–H and O–H groups in total. The van der Waals surface area contributed by atoms with Crippen LogP contribution in [0.25, 0.3) is 0 Å². The van der Waals surface area contributed by atoms with E-state index >= 15 is 0 Å². The maximum Gasteiger partial charge on any atom is 0.166 e. The van der Waals surface area contributed by atoms with Crippen LogP contribution in [-0.4, -0.2) is 30.8 Å². The first-order valence-electron chi connectivity index (χ1n) is 5.75. The predicted octanol–water partition coefficient (Wildman–Crippen LogP) is 2.64. The largest absolute Gasteiger partial charge is 0.399 e. The number of nitrogen functional groups attached to an aromatic ring is 1. The maximum absolute atomic E-state index is 12.2. The number of likely N-dealkylation sites (tertiary alicyclic amines) is 1. The molecule has 0 aliphatic carbocycles. The van der Waals surface area contributed by atoms with E-state index < -0.39 is 0 Å². The average Bonchev–Trinajstić information content (AvgIpc) is 2.29. The van der Waals surface area contributed by atoms with Gasteiger partial charge in [0.25, 0.3) is 0 Å². The molecule has 1 aliphatic rings. The molecule has 18 heavy (non-hydrogen) atoms. The molecule has 0 amide bonds. The monoisotopic (exact) mass is 290 g/mol. The lowest BCUT2D eigenvalue weighted by atomic mass is 9.89. The number of anilines is 1. The van der Waals surface area contributed by atoms with Crippen molar-refractivity contribution < 1.29 is 4.79 Å². The lowest BCUT2D eigenvalue weighted by Crippen LogP contribution is -2.33. The highest BCUT2D eigenvalue weighted by atomic mass is 35.5. The molecule has 1 fully saturated rings. The lowest BCUT2D eigenvalue weighted by molar-refractivity contribution is 0.0857. The minimum absolute atomic E-state index is 0. The van der Waals surface area contributed by atoms with Gasteiger partial charge < -0.3 is 10.6 Å². The Bertz CT molecular complexity index is 390. The predicted molar refractivity (Wildman–Crippen MR) is 79.9 cm³/mol. The summed E-state index contributed by atoms with van der Waals surface area (Å²) in [5, 5.41) is 0. The second-order valence-corrected chi connectivity index (χ2v) is 4.57. The Morgan fingerprint density at radius 3 is 2.44 bits per heavy atom. The third kappa shape index (κ3) is 4.16. The van der Waals surface area contributed by atoms with Gasteiger partial charge in [0, 0.05) is 17.2 Å². The van der Waals surface area contributed by atoms with Gasteiger partial charge in [-0.25, -0.2) is 0 Å². The zero-order valence-electron chi connectivity index (χ0n) is 10.5. The number of rotatable bonds is 2. The summed E-state index contributed by atoms with van der Waals surface area (Å²) in [5.74, 6) is 0.429. The van der Waals surface area contributed by atoms with E-state index in [2.05, 4.69) is 11.9 Å². The van der Waals surface area contributed by atoms with Crippen LogP contribution < -0.4 is 5.73 Å². The summed E-state index contributed by atoms with van der Waals surface area (Å²) in [4.78, 5) is 14.5. The third-order valence-corrected chi connectivity index (χ3v) is 3.26. The van der Waals surface area contributed by atoms with Crippen molar-refractivity contribution in [2.75, 3.05) is 25.9 Å². The van der Waals surface area contributed by atoms with Gasteiger partial charge in [0.2, 0.25) is 0 Å². The molecule has 5 heteroatoms. The van der Waals surface area contributed by atoms with E-state index in [1.165, 1.54) is 0 Å². The van der Waals surface area contributed by atoms with Crippen LogP contribution >= 0.6 is 24.8 Å². The Morgan fingerprint density at radius 2 is 1.89 bits per heavy atom. The highest BCUT2D eigenvalue weighted by Crippen LogP contribution is 2.21. The highest BCUT2D eigenvalue weighted by molar-refractivity contribution is 5.98. The van der Waals surface area contributed by atoms with Crippen molar-refractivity contribution in [3.05, 3.63) is 29.8 Å². The minimum Gasteiger partial charge on any atom is -0.399 e. The smallest absolute Gasteiger partial charge is 0.166 e. The Labute approximate surface area is 121 Å². The maximum atomic E-state index is 12.2. The molecule has 0 bridgehead atoms. The first kappa shape index (κ1) is 17.2. The van der Waals surface area contributed by atoms with Gasteiger partial charge in [-0.2, -0.15) is 0 Å². The Hall–Kier alpha value is -0.770. The number of nitrogens with zero attached hydrogens (tertiary/aromatic N) is 1. The molecule has 1 aromatic rings. The van der Waals surface area contributed by atoms with Crippen molar-refractivity contribution in [1.29, 1.82) is 0 Å². The first-order chi connectivity index (χ1) is 7.66. The Kier molecular flexibility index (Phi) is 7.29. The number of piperidine rings is 1. The number of Topliss-reactive ketones (excluding diaryl/α,β-unsaturated/α-hetero) is 1. The molecule has 0 unspecified atom stereocenters. The van der Waals surface area contributed by atoms with Gasteiger partial charge in [-0.15, -0.1) is 24.8 Å². The van der Waals surface area contributed by atoms with Gasteiger partial charge in [0.15, 0.2) is 5.78 Å². The van der Waals surface area contributed by atoms with E-state index in [1.54, 1.807) is 6.07 Å². The van der Waals surface area contributed by atoms with Crippen LogP contribution in [0.4, 0.5) is 5.69 Å². The molecule has 1 aromatic carbocycles. The van der Waals surface area contributed by atoms with Crippen molar-refractivity contribution in [2.24, 2.45) is 5.92 Å². The minimum atomic E-state index is 0. The van der Waals surface area contributed by atoms with E-state index in [9.17, 15) is 4.79 Å². The Balaban J connectivity index is 0.00000144. The van der Waals surface area contributed by atoms with Gasteiger partial charge in [-0.05, 0) is 45.1 Å². The van der Waals surface area contributed by atoms with Crippen LogP contribution in [0.5, 0.6) is 0 Å². The zero-order chi connectivity index (χ0) is 11.5. The fraction of sp³-hybridized carbons (Fsp3) is 0.462. The standard InChI is InChI=1S/C13H18N2O.2ClH/c1-15-7-5-10(6-8-15)13(16)11-3-2-4-12(14)9-11;;/h2-4,9-10H,5-8,14H2,1H3;2*1H. The molecule has 0 spiro atoms. The van der Waals surface area contributed by atoms with Crippen molar-refractivity contribution in [2.45, 2.75) is 12.8 Å². The van der Waals surface area contributed by atoms with E-state index in [0.29, 0.717) is 5.69 Å². The summed E-state index contributed by atoms with van der Waals surface area (Å²) in [5.41, 5.74) is 7.11. The molecule has 0 radical (unpaired) electrons. The summed E-state index contributed by atoms with van der Waals surface area (Å²) in [6, 6.07) is 7.29. The number of carbonyl (C=O) groups is 1. The fourth-order valence-electron chi connectivity index (χ4n) is 2.20.